The van der Waals surface area contributed by atoms with Gasteiger partial charge in [-0.3, -0.25) is 4.90 Å². The Labute approximate surface area is 164 Å². The van der Waals surface area contributed by atoms with Gasteiger partial charge in [0.15, 0.2) is 5.96 Å². The largest absolute Gasteiger partial charge is 0.494 e. The molecule has 1 unspecified atom stereocenters. The van der Waals surface area contributed by atoms with Gasteiger partial charge in [-0.1, -0.05) is 12.1 Å². The molecule has 0 amide bonds. The molecule has 2 rings (SSSR count). The zero-order chi connectivity index (χ0) is 19.5. The van der Waals surface area contributed by atoms with Gasteiger partial charge < -0.3 is 20.1 Å². The number of guanidine groups is 1. The van der Waals surface area contributed by atoms with Crippen molar-refractivity contribution in [3.63, 3.8) is 0 Å². The normalized spacial score (nSPS) is 17.9. The predicted molar refractivity (Wildman–Crippen MR) is 112 cm³/mol. The standard InChI is InChI=1S/C21H36N4O2/c1-5-22-21(24-16-19-8-7-11-25(19)12-13-26-4)23-15-18-10-9-17(3)14-20(18)27-6-2/h9-10,14,19H,5-8,11-13,15-16H2,1-4H3,(H2,22,23,24). The van der Waals surface area contributed by atoms with Crippen LogP contribution >= 0.6 is 0 Å². The van der Waals surface area contributed by atoms with Crippen LogP contribution in [0.4, 0.5) is 0 Å². The molecule has 0 aromatic heterocycles. The lowest BCUT2D eigenvalue weighted by molar-refractivity contribution is 0.141. The Morgan fingerprint density at radius 1 is 1.30 bits per heavy atom. The number of aliphatic imine (C=N–C) groups is 1. The third kappa shape index (κ3) is 7.03. The smallest absolute Gasteiger partial charge is 0.191 e. The average Bonchev–Trinajstić information content (AvgIpc) is 3.11. The van der Waals surface area contributed by atoms with Gasteiger partial charge in [0.25, 0.3) is 0 Å². The highest BCUT2D eigenvalue weighted by Gasteiger charge is 2.23. The molecule has 6 heteroatoms. The minimum Gasteiger partial charge on any atom is -0.494 e. The lowest BCUT2D eigenvalue weighted by Gasteiger charge is -2.25. The van der Waals surface area contributed by atoms with E-state index in [-0.39, 0.29) is 0 Å². The minimum absolute atomic E-state index is 0.544. The Bertz CT molecular complexity index is 592. The molecular formula is C21H36N4O2. The molecule has 1 atom stereocenters. The van der Waals surface area contributed by atoms with Crippen LogP contribution in [0.3, 0.4) is 0 Å². The Morgan fingerprint density at radius 2 is 2.15 bits per heavy atom. The summed E-state index contributed by atoms with van der Waals surface area (Å²) >= 11 is 0. The highest BCUT2D eigenvalue weighted by molar-refractivity contribution is 5.79. The number of nitrogens with zero attached hydrogens (tertiary/aromatic N) is 2. The maximum Gasteiger partial charge on any atom is 0.191 e. The molecule has 152 valence electrons. The first-order valence-corrected chi connectivity index (χ1v) is 10.1. The van der Waals surface area contributed by atoms with Crippen molar-refractivity contribution in [3.05, 3.63) is 29.3 Å². The molecular weight excluding hydrogens is 340 g/mol. The molecule has 0 aliphatic carbocycles. The molecule has 0 saturated carbocycles. The molecule has 1 heterocycles. The van der Waals surface area contributed by atoms with E-state index in [0.29, 0.717) is 19.2 Å². The lowest BCUT2D eigenvalue weighted by atomic mass is 10.1. The van der Waals surface area contributed by atoms with Gasteiger partial charge in [0.2, 0.25) is 0 Å². The van der Waals surface area contributed by atoms with Crippen molar-refractivity contribution in [1.29, 1.82) is 0 Å². The summed E-state index contributed by atoms with van der Waals surface area (Å²) in [7, 11) is 1.76. The number of ether oxygens (including phenoxy) is 2. The SMILES string of the molecule is CCNC(=NCc1ccc(C)cc1OCC)NCC1CCCN1CCOC. The second-order valence-corrected chi connectivity index (χ2v) is 6.95. The Balaban J connectivity index is 1.96. The molecule has 0 spiro atoms. The highest BCUT2D eigenvalue weighted by atomic mass is 16.5. The van der Waals surface area contributed by atoms with Gasteiger partial charge in [-0.25, -0.2) is 4.99 Å². The van der Waals surface area contributed by atoms with Crippen LogP contribution in [0.1, 0.15) is 37.8 Å². The first-order valence-electron chi connectivity index (χ1n) is 10.1. The fourth-order valence-corrected chi connectivity index (χ4v) is 3.43. The van der Waals surface area contributed by atoms with Gasteiger partial charge in [-0.05, 0) is 51.8 Å². The van der Waals surface area contributed by atoms with Crippen molar-refractivity contribution in [3.8, 4) is 5.75 Å². The van der Waals surface area contributed by atoms with Gasteiger partial charge in [-0.15, -0.1) is 0 Å². The second kappa shape index (κ2) is 11.8. The third-order valence-corrected chi connectivity index (χ3v) is 4.86. The summed E-state index contributed by atoms with van der Waals surface area (Å²) in [6, 6.07) is 6.85. The summed E-state index contributed by atoms with van der Waals surface area (Å²) in [5.41, 5.74) is 2.32. The third-order valence-electron chi connectivity index (χ3n) is 4.86. The number of rotatable bonds is 10. The molecule has 6 nitrogen and oxygen atoms in total. The molecule has 0 radical (unpaired) electrons. The summed E-state index contributed by atoms with van der Waals surface area (Å²) in [6.45, 7) is 12.1. The van der Waals surface area contributed by atoms with Crippen LogP contribution < -0.4 is 15.4 Å². The summed E-state index contributed by atoms with van der Waals surface area (Å²) in [5.74, 6) is 1.79. The fourth-order valence-electron chi connectivity index (χ4n) is 3.43. The number of nitrogens with one attached hydrogen (secondary N) is 2. The summed E-state index contributed by atoms with van der Waals surface area (Å²) in [5, 5.41) is 6.87. The van der Waals surface area contributed by atoms with Gasteiger partial charge in [0.05, 0.1) is 19.8 Å². The van der Waals surface area contributed by atoms with Crippen molar-refractivity contribution in [1.82, 2.24) is 15.5 Å². The van der Waals surface area contributed by atoms with Crippen LogP contribution in [0, 0.1) is 6.92 Å². The fraction of sp³-hybridized carbons (Fsp3) is 0.667. The van der Waals surface area contributed by atoms with Crippen molar-refractivity contribution in [2.45, 2.75) is 46.2 Å². The first kappa shape index (κ1) is 21.5. The zero-order valence-electron chi connectivity index (χ0n) is 17.4. The predicted octanol–water partition coefficient (Wildman–Crippen LogP) is 2.56. The van der Waals surface area contributed by atoms with E-state index in [9.17, 15) is 0 Å². The van der Waals surface area contributed by atoms with E-state index in [2.05, 4.69) is 47.6 Å². The van der Waals surface area contributed by atoms with Gasteiger partial charge in [0, 0.05) is 38.3 Å². The molecule has 1 aromatic carbocycles. The quantitative estimate of drug-likeness (QED) is 0.485. The summed E-state index contributed by atoms with van der Waals surface area (Å²) in [6.07, 6.45) is 2.48. The summed E-state index contributed by atoms with van der Waals surface area (Å²) in [4.78, 5) is 7.28. The number of aryl methyl sites for hydroxylation is 1. The van der Waals surface area contributed by atoms with E-state index in [1.807, 2.05) is 6.92 Å². The topological polar surface area (TPSA) is 58.1 Å². The number of methoxy groups -OCH3 is 1. The molecule has 27 heavy (non-hydrogen) atoms. The van der Waals surface area contributed by atoms with E-state index in [0.717, 1.165) is 50.1 Å². The highest BCUT2D eigenvalue weighted by Crippen LogP contribution is 2.21. The summed E-state index contributed by atoms with van der Waals surface area (Å²) < 4.78 is 11.0. The van der Waals surface area contributed by atoms with Gasteiger partial charge >= 0.3 is 0 Å². The van der Waals surface area contributed by atoms with Crippen LogP contribution in [0.15, 0.2) is 23.2 Å². The molecule has 2 N–H and O–H groups in total. The molecule has 1 aliphatic heterocycles. The monoisotopic (exact) mass is 376 g/mol. The van der Waals surface area contributed by atoms with Crippen molar-refractivity contribution >= 4 is 5.96 Å². The number of hydrogen-bond donors (Lipinski definition) is 2. The van der Waals surface area contributed by atoms with E-state index in [1.54, 1.807) is 7.11 Å². The van der Waals surface area contributed by atoms with Crippen LogP contribution in [0.5, 0.6) is 5.75 Å². The Hall–Kier alpha value is -1.79. The maximum atomic E-state index is 5.77. The van der Waals surface area contributed by atoms with E-state index < -0.39 is 0 Å². The van der Waals surface area contributed by atoms with Crippen LogP contribution in [-0.2, 0) is 11.3 Å². The number of benzene rings is 1. The maximum absolute atomic E-state index is 5.77. The van der Waals surface area contributed by atoms with E-state index in [4.69, 9.17) is 14.5 Å². The zero-order valence-corrected chi connectivity index (χ0v) is 17.4. The Morgan fingerprint density at radius 3 is 2.89 bits per heavy atom. The van der Waals surface area contributed by atoms with Crippen molar-refractivity contribution in [2.75, 3.05) is 46.5 Å². The molecule has 1 aliphatic rings. The van der Waals surface area contributed by atoms with Crippen molar-refractivity contribution < 1.29 is 9.47 Å². The van der Waals surface area contributed by atoms with E-state index in [1.165, 1.54) is 18.4 Å². The van der Waals surface area contributed by atoms with Gasteiger partial charge in [0.1, 0.15) is 5.75 Å². The molecule has 1 fully saturated rings. The molecule has 1 saturated heterocycles. The first-order chi connectivity index (χ1) is 13.2. The molecule has 1 aromatic rings. The second-order valence-electron chi connectivity index (χ2n) is 6.95. The Kier molecular flexibility index (Phi) is 9.42. The van der Waals surface area contributed by atoms with Crippen LogP contribution in [-0.4, -0.2) is 63.4 Å². The lowest BCUT2D eigenvalue weighted by Crippen LogP contribution is -2.45. The van der Waals surface area contributed by atoms with Crippen molar-refractivity contribution in [2.24, 2.45) is 4.99 Å². The number of hydrogen-bond acceptors (Lipinski definition) is 4. The molecule has 0 bridgehead atoms. The van der Waals surface area contributed by atoms with Crippen LogP contribution in [0.2, 0.25) is 0 Å². The van der Waals surface area contributed by atoms with Crippen LogP contribution in [0.25, 0.3) is 0 Å². The van der Waals surface area contributed by atoms with Gasteiger partial charge in [-0.2, -0.15) is 0 Å². The number of likely N-dealkylation sites (tertiary alicyclic amines) is 1. The van der Waals surface area contributed by atoms with E-state index >= 15 is 0 Å². The average molecular weight is 377 g/mol. The minimum atomic E-state index is 0.544.